The second kappa shape index (κ2) is 5.97. The van der Waals surface area contributed by atoms with E-state index < -0.39 is 0 Å². The number of hydrogen-bond acceptors (Lipinski definition) is 5. The second-order valence-electron chi connectivity index (χ2n) is 7.19. The largest absolute Gasteiger partial charge is 0.264 e. The summed E-state index contributed by atoms with van der Waals surface area (Å²) in [6.45, 7) is 6.96. The van der Waals surface area contributed by atoms with Gasteiger partial charge in [-0.25, -0.2) is 0 Å². The summed E-state index contributed by atoms with van der Waals surface area (Å²) in [5, 5.41) is 17.8. The molecule has 7 heteroatoms. The lowest BCUT2D eigenvalue weighted by Crippen LogP contribution is -2.03. The van der Waals surface area contributed by atoms with E-state index in [1.54, 1.807) is 4.52 Å². The summed E-state index contributed by atoms with van der Waals surface area (Å²) in [6, 6.07) is 8.28. The SMILES string of the molecule is CCn1nc(C2CC2c2ccncc2C)cc1-c1ccc2nnc(C)n2n1. The van der Waals surface area contributed by atoms with Gasteiger partial charge >= 0.3 is 0 Å². The van der Waals surface area contributed by atoms with Crippen LogP contribution in [0.4, 0.5) is 0 Å². The fourth-order valence-corrected chi connectivity index (χ4v) is 3.86. The van der Waals surface area contributed by atoms with Crippen LogP contribution in [0.15, 0.2) is 36.7 Å². The molecule has 0 aliphatic heterocycles. The molecule has 2 atom stereocenters. The van der Waals surface area contributed by atoms with E-state index in [9.17, 15) is 0 Å². The van der Waals surface area contributed by atoms with Crippen LogP contribution in [0.2, 0.25) is 0 Å². The molecule has 0 bridgehead atoms. The lowest BCUT2D eigenvalue weighted by atomic mass is 10.0. The monoisotopic (exact) mass is 359 g/mol. The molecule has 2 unspecified atom stereocenters. The third kappa shape index (κ3) is 2.61. The zero-order valence-corrected chi connectivity index (χ0v) is 15.7. The highest BCUT2D eigenvalue weighted by atomic mass is 15.4. The third-order valence-corrected chi connectivity index (χ3v) is 5.41. The highest BCUT2D eigenvalue weighted by Crippen LogP contribution is 2.55. The lowest BCUT2D eigenvalue weighted by molar-refractivity contribution is 0.650. The topological polar surface area (TPSA) is 73.8 Å². The molecule has 5 rings (SSSR count). The Bertz CT molecular complexity index is 1140. The minimum absolute atomic E-state index is 0.470. The average Bonchev–Trinajstić information content (AvgIpc) is 3.22. The molecular weight excluding hydrogens is 338 g/mol. The van der Waals surface area contributed by atoms with Crippen molar-refractivity contribution in [2.45, 2.75) is 45.6 Å². The maximum atomic E-state index is 4.88. The number of pyridine rings is 1. The van der Waals surface area contributed by atoms with Crippen molar-refractivity contribution in [3.8, 4) is 11.4 Å². The molecule has 4 heterocycles. The Morgan fingerprint density at radius 2 is 1.96 bits per heavy atom. The Morgan fingerprint density at radius 1 is 1.07 bits per heavy atom. The molecule has 1 aliphatic carbocycles. The zero-order valence-electron chi connectivity index (χ0n) is 15.7. The number of fused-ring (bicyclic) bond motifs is 1. The summed E-state index contributed by atoms with van der Waals surface area (Å²) in [5.74, 6) is 1.79. The minimum atomic E-state index is 0.470. The van der Waals surface area contributed by atoms with Gasteiger partial charge in [0.2, 0.25) is 0 Å². The Balaban J connectivity index is 1.51. The highest BCUT2D eigenvalue weighted by Gasteiger charge is 2.42. The van der Waals surface area contributed by atoms with Gasteiger partial charge in [0.1, 0.15) is 5.69 Å². The number of rotatable bonds is 4. The fourth-order valence-electron chi connectivity index (χ4n) is 3.86. The molecule has 0 N–H and O–H groups in total. The highest BCUT2D eigenvalue weighted by molar-refractivity contribution is 5.58. The van der Waals surface area contributed by atoms with E-state index in [1.807, 2.05) is 36.1 Å². The fraction of sp³-hybridized carbons (Fsp3) is 0.350. The first kappa shape index (κ1) is 16.1. The summed E-state index contributed by atoms with van der Waals surface area (Å²) in [4.78, 5) is 4.21. The van der Waals surface area contributed by atoms with E-state index >= 15 is 0 Å². The van der Waals surface area contributed by atoms with Crippen LogP contribution >= 0.6 is 0 Å². The molecule has 4 aromatic heterocycles. The molecular formula is C20H21N7. The van der Waals surface area contributed by atoms with Crippen LogP contribution in [-0.4, -0.2) is 34.6 Å². The Labute approximate surface area is 157 Å². The molecule has 0 aromatic carbocycles. The molecule has 136 valence electrons. The predicted octanol–water partition coefficient (Wildman–Crippen LogP) is 3.29. The van der Waals surface area contributed by atoms with E-state index in [4.69, 9.17) is 10.2 Å². The second-order valence-corrected chi connectivity index (χ2v) is 7.19. The van der Waals surface area contributed by atoms with Gasteiger partial charge in [-0.15, -0.1) is 10.2 Å². The normalized spacial score (nSPS) is 18.9. The molecule has 4 aromatic rings. The summed E-state index contributed by atoms with van der Waals surface area (Å²) in [5.41, 5.74) is 6.49. The van der Waals surface area contributed by atoms with Crippen molar-refractivity contribution in [3.63, 3.8) is 0 Å². The summed E-state index contributed by atoms with van der Waals surface area (Å²) < 4.78 is 3.82. The molecule has 7 nitrogen and oxygen atoms in total. The number of hydrogen-bond donors (Lipinski definition) is 0. The average molecular weight is 359 g/mol. The van der Waals surface area contributed by atoms with Crippen molar-refractivity contribution in [1.29, 1.82) is 0 Å². The van der Waals surface area contributed by atoms with Gasteiger partial charge in [0.05, 0.1) is 11.4 Å². The van der Waals surface area contributed by atoms with Crippen molar-refractivity contribution in [1.82, 2.24) is 34.6 Å². The van der Waals surface area contributed by atoms with Gasteiger partial charge in [-0.2, -0.15) is 14.7 Å². The van der Waals surface area contributed by atoms with Crippen molar-refractivity contribution in [2.24, 2.45) is 0 Å². The molecule has 1 fully saturated rings. The molecule has 0 amide bonds. The summed E-state index contributed by atoms with van der Waals surface area (Å²) in [7, 11) is 0. The first-order chi connectivity index (χ1) is 13.2. The molecule has 1 saturated carbocycles. The lowest BCUT2D eigenvalue weighted by Gasteiger charge is -2.04. The van der Waals surface area contributed by atoms with E-state index in [0.29, 0.717) is 11.8 Å². The van der Waals surface area contributed by atoms with Gasteiger partial charge in [-0.05, 0) is 68.5 Å². The Kier molecular flexibility index (Phi) is 3.56. The number of nitrogens with zero attached hydrogens (tertiary/aromatic N) is 7. The van der Waals surface area contributed by atoms with Crippen LogP contribution in [0.3, 0.4) is 0 Å². The maximum absolute atomic E-state index is 4.88. The van der Waals surface area contributed by atoms with Crippen LogP contribution in [-0.2, 0) is 6.54 Å². The van der Waals surface area contributed by atoms with Crippen molar-refractivity contribution < 1.29 is 0 Å². The molecule has 0 saturated heterocycles. The van der Waals surface area contributed by atoms with Crippen LogP contribution in [0, 0.1) is 13.8 Å². The van der Waals surface area contributed by atoms with Gasteiger partial charge in [0.15, 0.2) is 11.5 Å². The van der Waals surface area contributed by atoms with Crippen LogP contribution in [0.25, 0.3) is 17.0 Å². The standard InChI is InChI=1S/C20H21N7/c1-4-26-19(17-5-6-20-23-22-13(3)27(20)25-17)10-18(24-26)16-9-15(16)14-7-8-21-11-12(14)2/h5-8,10-11,15-16H,4,9H2,1-3H3. The van der Waals surface area contributed by atoms with Gasteiger partial charge in [-0.3, -0.25) is 9.67 Å². The van der Waals surface area contributed by atoms with Gasteiger partial charge in [0.25, 0.3) is 0 Å². The molecule has 0 spiro atoms. The zero-order chi connectivity index (χ0) is 18.5. The van der Waals surface area contributed by atoms with E-state index in [-0.39, 0.29) is 0 Å². The Hall–Kier alpha value is -3.09. The van der Waals surface area contributed by atoms with Crippen molar-refractivity contribution >= 4 is 5.65 Å². The van der Waals surface area contributed by atoms with Gasteiger partial charge in [-0.1, -0.05) is 0 Å². The quantitative estimate of drug-likeness (QED) is 0.559. The molecule has 27 heavy (non-hydrogen) atoms. The van der Waals surface area contributed by atoms with Crippen LogP contribution in [0.5, 0.6) is 0 Å². The van der Waals surface area contributed by atoms with Crippen LogP contribution in [0.1, 0.15) is 47.8 Å². The number of aromatic nitrogens is 7. The first-order valence-corrected chi connectivity index (χ1v) is 9.33. The molecule has 1 aliphatic rings. The van der Waals surface area contributed by atoms with Crippen molar-refractivity contribution in [3.05, 3.63) is 59.3 Å². The Morgan fingerprint density at radius 3 is 2.78 bits per heavy atom. The molecule has 0 radical (unpaired) electrons. The summed E-state index contributed by atoms with van der Waals surface area (Å²) >= 11 is 0. The van der Waals surface area contributed by atoms with Gasteiger partial charge < -0.3 is 0 Å². The van der Waals surface area contributed by atoms with Crippen LogP contribution < -0.4 is 0 Å². The van der Waals surface area contributed by atoms with Gasteiger partial charge in [0, 0.05) is 24.9 Å². The maximum Gasteiger partial charge on any atom is 0.177 e. The van der Waals surface area contributed by atoms with E-state index in [2.05, 4.69) is 41.2 Å². The predicted molar refractivity (Wildman–Crippen MR) is 101 cm³/mol. The summed E-state index contributed by atoms with van der Waals surface area (Å²) in [6.07, 6.45) is 4.97. The van der Waals surface area contributed by atoms with Crippen molar-refractivity contribution in [2.75, 3.05) is 0 Å². The van der Waals surface area contributed by atoms with E-state index in [1.165, 1.54) is 11.1 Å². The van der Waals surface area contributed by atoms with E-state index in [0.717, 1.165) is 41.5 Å². The number of aryl methyl sites for hydroxylation is 3. The first-order valence-electron chi connectivity index (χ1n) is 9.33. The smallest absolute Gasteiger partial charge is 0.177 e. The minimum Gasteiger partial charge on any atom is -0.264 e. The third-order valence-electron chi connectivity index (χ3n) is 5.41.